The third kappa shape index (κ3) is 3.56. The average Bonchev–Trinajstić information content (AvgIpc) is 2.97. The van der Waals surface area contributed by atoms with Crippen LogP contribution in [0.3, 0.4) is 0 Å². The minimum absolute atomic E-state index is 0.479. The van der Waals surface area contributed by atoms with Crippen molar-refractivity contribution in [2.75, 3.05) is 27.7 Å². The Morgan fingerprint density at radius 3 is 2.78 bits per heavy atom. The second kappa shape index (κ2) is 6.34. The average molecular weight is 250 g/mol. The third-order valence-electron chi connectivity index (χ3n) is 3.81. The van der Waals surface area contributed by atoms with Gasteiger partial charge in [0.1, 0.15) is 0 Å². The Labute approximate surface area is 110 Å². The highest BCUT2D eigenvalue weighted by atomic mass is 15.3. The van der Waals surface area contributed by atoms with Crippen molar-refractivity contribution in [2.45, 2.75) is 44.2 Å². The summed E-state index contributed by atoms with van der Waals surface area (Å²) in [6.45, 7) is 1.05. The summed E-state index contributed by atoms with van der Waals surface area (Å²) in [5, 5.41) is 8.12. The topological polar surface area (TPSA) is 33.1 Å². The van der Waals surface area contributed by atoms with Crippen LogP contribution in [0.25, 0.3) is 0 Å². The molecule has 0 aromatic carbocycles. The molecule has 1 aliphatic carbocycles. The van der Waals surface area contributed by atoms with Gasteiger partial charge < -0.3 is 10.2 Å². The second-order valence-electron chi connectivity index (χ2n) is 5.68. The van der Waals surface area contributed by atoms with Gasteiger partial charge in [0.25, 0.3) is 0 Å². The smallest absolute Gasteiger partial charge is 0.0640 e. The Balaban J connectivity index is 1.92. The number of likely N-dealkylation sites (N-methyl/N-ethyl adjacent to an activating group) is 2. The number of hydrogen-bond donors (Lipinski definition) is 1. The molecule has 1 saturated carbocycles. The van der Waals surface area contributed by atoms with Crippen LogP contribution in [-0.2, 0) is 6.42 Å². The van der Waals surface area contributed by atoms with Gasteiger partial charge in [-0.2, -0.15) is 5.10 Å². The predicted molar refractivity (Wildman–Crippen MR) is 74.8 cm³/mol. The summed E-state index contributed by atoms with van der Waals surface area (Å²) in [4.78, 5) is 2.22. The Hall–Kier alpha value is -0.870. The van der Waals surface area contributed by atoms with Crippen molar-refractivity contribution in [2.24, 2.45) is 0 Å². The van der Waals surface area contributed by atoms with Gasteiger partial charge in [-0.25, -0.2) is 0 Å². The first-order chi connectivity index (χ1) is 8.69. The molecule has 0 saturated heterocycles. The number of aromatic nitrogens is 2. The molecular formula is C14H26N4. The molecule has 0 amide bonds. The number of nitrogens with zero attached hydrogens (tertiary/aromatic N) is 3. The lowest BCUT2D eigenvalue weighted by Crippen LogP contribution is -2.37. The van der Waals surface area contributed by atoms with Crippen LogP contribution in [0, 0.1) is 0 Å². The monoisotopic (exact) mass is 250 g/mol. The van der Waals surface area contributed by atoms with E-state index in [9.17, 15) is 0 Å². The second-order valence-corrected chi connectivity index (χ2v) is 5.68. The van der Waals surface area contributed by atoms with E-state index in [1.54, 1.807) is 0 Å². The summed E-state index contributed by atoms with van der Waals surface area (Å²) in [7, 11) is 6.26. The van der Waals surface area contributed by atoms with Gasteiger partial charge in [0.05, 0.1) is 11.7 Å². The zero-order chi connectivity index (χ0) is 13.0. The number of rotatable bonds is 6. The molecule has 0 spiro atoms. The SMILES string of the molecule is CNC(Cc1ccn(C2CCCC2)n1)CN(C)C. The lowest BCUT2D eigenvalue weighted by Gasteiger charge is -2.19. The summed E-state index contributed by atoms with van der Waals surface area (Å²) in [5.74, 6) is 0. The molecule has 4 heteroatoms. The van der Waals surface area contributed by atoms with Gasteiger partial charge in [0.2, 0.25) is 0 Å². The Morgan fingerprint density at radius 2 is 2.17 bits per heavy atom. The largest absolute Gasteiger partial charge is 0.315 e. The molecule has 1 unspecified atom stereocenters. The molecule has 2 rings (SSSR count). The van der Waals surface area contributed by atoms with E-state index in [-0.39, 0.29) is 0 Å². The van der Waals surface area contributed by atoms with E-state index in [1.165, 1.54) is 31.4 Å². The first-order valence-electron chi connectivity index (χ1n) is 7.05. The van der Waals surface area contributed by atoms with Crippen LogP contribution in [0.1, 0.15) is 37.4 Å². The summed E-state index contributed by atoms with van der Waals surface area (Å²) >= 11 is 0. The molecule has 1 heterocycles. The van der Waals surface area contributed by atoms with Crippen molar-refractivity contribution < 1.29 is 0 Å². The Kier molecular flexibility index (Phi) is 4.78. The van der Waals surface area contributed by atoms with Crippen molar-refractivity contribution in [1.29, 1.82) is 0 Å². The molecule has 1 aliphatic rings. The van der Waals surface area contributed by atoms with Crippen molar-refractivity contribution in [1.82, 2.24) is 20.0 Å². The van der Waals surface area contributed by atoms with E-state index in [2.05, 4.69) is 41.3 Å². The van der Waals surface area contributed by atoms with E-state index >= 15 is 0 Å². The standard InChI is InChI=1S/C14H26N4/c1-15-13(11-17(2)3)10-12-8-9-18(16-12)14-6-4-5-7-14/h8-9,13-15H,4-7,10-11H2,1-3H3. The van der Waals surface area contributed by atoms with E-state index in [1.807, 2.05) is 7.05 Å². The molecule has 1 atom stereocenters. The molecule has 18 heavy (non-hydrogen) atoms. The van der Waals surface area contributed by atoms with Crippen LogP contribution in [0.15, 0.2) is 12.3 Å². The first-order valence-corrected chi connectivity index (χ1v) is 7.05. The van der Waals surface area contributed by atoms with Gasteiger partial charge in [0.15, 0.2) is 0 Å². The van der Waals surface area contributed by atoms with Crippen LogP contribution in [0.4, 0.5) is 0 Å². The zero-order valence-electron chi connectivity index (χ0n) is 11.9. The molecule has 1 aromatic heterocycles. The van der Waals surface area contributed by atoms with Crippen LogP contribution in [0.5, 0.6) is 0 Å². The molecule has 102 valence electrons. The molecule has 1 N–H and O–H groups in total. The zero-order valence-corrected chi connectivity index (χ0v) is 11.9. The van der Waals surface area contributed by atoms with E-state index in [0.29, 0.717) is 12.1 Å². The molecule has 0 aliphatic heterocycles. The van der Waals surface area contributed by atoms with Crippen molar-refractivity contribution >= 4 is 0 Å². The fraction of sp³-hybridized carbons (Fsp3) is 0.786. The summed E-state index contributed by atoms with van der Waals surface area (Å²) in [5.41, 5.74) is 1.21. The third-order valence-corrected chi connectivity index (χ3v) is 3.81. The lowest BCUT2D eigenvalue weighted by atomic mass is 10.1. The van der Waals surface area contributed by atoms with Crippen molar-refractivity contribution in [3.63, 3.8) is 0 Å². The molecule has 0 bridgehead atoms. The molecule has 4 nitrogen and oxygen atoms in total. The van der Waals surface area contributed by atoms with Crippen LogP contribution < -0.4 is 5.32 Å². The normalized spacial score (nSPS) is 18.7. The fourth-order valence-corrected chi connectivity index (χ4v) is 2.81. The van der Waals surface area contributed by atoms with Crippen molar-refractivity contribution in [3.05, 3.63) is 18.0 Å². The van der Waals surface area contributed by atoms with Gasteiger partial charge in [0, 0.05) is 25.2 Å². The molecule has 0 radical (unpaired) electrons. The van der Waals surface area contributed by atoms with E-state index in [0.717, 1.165) is 13.0 Å². The molecule has 1 aromatic rings. The van der Waals surface area contributed by atoms with Gasteiger partial charge in [-0.05, 0) is 40.1 Å². The van der Waals surface area contributed by atoms with Crippen LogP contribution in [0.2, 0.25) is 0 Å². The van der Waals surface area contributed by atoms with E-state index < -0.39 is 0 Å². The molecular weight excluding hydrogens is 224 g/mol. The Morgan fingerprint density at radius 1 is 1.44 bits per heavy atom. The van der Waals surface area contributed by atoms with Crippen molar-refractivity contribution in [3.8, 4) is 0 Å². The Bertz CT molecular complexity index is 352. The maximum Gasteiger partial charge on any atom is 0.0640 e. The van der Waals surface area contributed by atoms with E-state index in [4.69, 9.17) is 5.10 Å². The highest BCUT2D eigenvalue weighted by molar-refractivity contribution is 5.03. The first kappa shape index (κ1) is 13.6. The highest BCUT2D eigenvalue weighted by Crippen LogP contribution is 2.28. The van der Waals surface area contributed by atoms with Gasteiger partial charge >= 0.3 is 0 Å². The maximum absolute atomic E-state index is 4.75. The van der Waals surface area contributed by atoms with Gasteiger partial charge in [-0.1, -0.05) is 12.8 Å². The fourth-order valence-electron chi connectivity index (χ4n) is 2.81. The highest BCUT2D eigenvalue weighted by Gasteiger charge is 2.18. The summed E-state index contributed by atoms with van der Waals surface area (Å²) in [6, 6.07) is 3.31. The maximum atomic E-state index is 4.75. The summed E-state index contributed by atoms with van der Waals surface area (Å²) in [6.07, 6.45) is 8.49. The number of nitrogens with one attached hydrogen (secondary N) is 1. The minimum atomic E-state index is 0.479. The summed E-state index contributed by atoms with van der Waals surface area (Å²) < 4.78 is 2.19. The van der Waals surface area contributed by atoms with Crippen LogP contribution in [-0.4, -0.2) is 48.4 Å². The lowest BCUT2D eigenvalue weighted by molar-refractivity contribution is 0.344. The van der Waals surface area contributed by atoms with Gasteiger partial charge in [-0.3, -0.25) is 4.68 Å². The molecule has 1 fully saturated rings. The minimum Gasteiger partial charge on any atom is -0.315 e. The van der Waals surface area contributed by atoms with Crippen LogP contribution >= 0.6 is 0 Å². The predicted octanol–water partition coefficient (Wildman–Crippen LogP) is 1.69. The number of hydrogen-bond acceptors (Lipinski definition) is 3. The quantitative estimate of drug-likeness (QED) is 0.834. The van der Waals surface area contributed by atoms with Gasteiger partial charge in [-0.15, -0.1) is 0 Å².